The summed E-state index contributed by atoms with van der Waals surface area (Å²) in [4.78, 5) is 0. The molecule has 19 heavy (non-hydrogen) atoms. The second-order valence-electron chi connectivity index (χ2n) is 6.82. The lowest BCUT2D eigenvalue weighted by molar-refractivity contribution is 0.290. The molecule has 0 atom stereocenters. The Morgan fingerprint density at radius 3 is 2.26 bits per heavy atom. The first-order valence-electron chi connectivity index (χ1n) is 7.06. The number of aromatic hydroxyl groups is 1. The molecule has 1 aliphatic rings. The third-order valence-corrected chi connectivity index (χ3v) is 4.38. The van der Waals surface area contributed by atoms with Gasteiger partial charge in [-0.3, -0.25) is 0 Å². The molecule has 0 saturated heterocycles. The Kier molecular flexibility index (Phi) is 3.85. The van der Waals surface area contributed by atoms with Gasteiger partial charge in [0.15, 0.2) is 0 Å². The lowest BCUT2D eigenvalue weighted by atomic mass is 9.75. The minimum absolute atomic E-state index is 0.144. The Bertz CT molecular complexity index is 470. The zero-order chi connectivity index (χ0) is 14.3. The summed E-state index contributed by atoms with van der Waals surface area (Å²) in [6.45, 7) is 6.23. The highest BCUT2D eigenvalue weighted by molar-refractivity contribution is 6.30. The van der Waals surface area contributed by atoms with Gasteiger partial charge in [0.1, 0.15) is 5.75 Å². The first-order valence-corrected chi connectivity index (χ1v) is 7.44. The number of hydrogen-bond donors (Lipinski definition) is 2. The minimum Gasteiger partial charge on any atom is -0.507 e. The lowest BCUT2D eigenvalue weighted by Gasteiger charge is -2.36. The molecule has 0 aromatic heterocycles. The van der Waals surface area contributed by atoms with Gasteiger partial charge < -0.3 is 10.8 Å². The van der Waals surface area contributed by atoms with Gasteiger partial charge in [-0.1, -0.05) is 51.6 Å². The maximum Gasteiger partial charge on any atom is 0.124 e. The van der Waals surface area contributed by atoms with Crippen molar-refractivity contribution in [2.45, 2.75) is 63.8 Å². The van der Waals surface area contributed by atoms with Gasteiger partial charge in [0.05, 0.1) is 0 Å². The Morgan fingerprint density at radius 2 is 1.74 bits per heavy atom. The molecule has 1 aromatic rings. The summed E-state index contributed by atoms with van der Waals surface area (Å²) in [5.74, 6) is 0.335. The zero-order valence-corrected chi connectivity index (χ0v) is 12.8. The largest absolute Gasteiger partial charge is 0.507 e. The number of nitrogens with two attached hydrogens (primary N) is 1. The fourth-order valence-corrected chi connectivity index (χ4v) is 3.22. The number of phenols is 1. The van der Waals surface area contributed by atoms with E-state index >= 15 is 0 Å². The molecule has 0 bridgehead atoms. The number of benzene rings is 1. The minimum atomic E-state index is -0.423. The number of halogens is 1. The van der Waals surface area contributed by atoms with Crippen molar-refractivity contribution in [2.24, 2.45) is 5.73 Å². The standard InChI is InChI=1S/C16H24ClNO/c1-15(2,3)12-9-11(17)10-13(14(12)19)16(18)7-5-4-6-8-16/h9-10,19H,4-8,18H2,1-3H3. The molecule has 0 amide bonds. The highest BCUT2D eigenvalue weighted by atomic mass is 35.5. The molecule has 106 valence electrons. The molecule has 2 nitrogen and oxygen atoms in total. The van der Waals surface area contributed by atoms with Crippen LogP contribution < -0.4 is 5.73 Å². The van der Waals surface area contributed by atoms with E-state index in [0.29, 0.717) is 10.8 Å². The van der Waals surface area contributed by atoms with E-state index in [4.69, 9.17) is 17.3 Å². The number of phenolic OH excluding ortho intramolecular Hbond substituents is 1. The zero-order valence-electron chi connectivity index (χ0n) is 12.1. The van der Waals surface area contributed by atoms with Crippen LogP contribution in [-0.2, 0) is 11.0 Å². The number of hydrogen-bond acceptors (Lipinski definition) is 2. The van der Waals surface area contributed by atoms with Crippen LogP contribution in [0.5, 0.6) is 5.75 Å². The van der Waals surface area contributed by atoms with E-state index in [2.05, 4.69) is 20.8 Å². The number of rotatable bonds is 1. The summed E-state index contributed by atoms with van der Waals surface area (Å²) in [5, 5.41) is 11.3. The van der Waals surface area contributed by atoms with Crippen LogP contribution in [0.15, 0.2) is 12.1 Å². The second-order valence-corrected chi connectivity index (χ2v) is 7.25. The fraction of sp³-hybridized carbons (Fsp3) is 0.625. The van der Waals surface area contributed by atoms with Gasteiger partial charge in [-0.05, 0) is 30.4 Å². The van der Waals surface area contributed by atoms with Gasteiger partial charge in [0, 0.05) is 21.7 Å². The van der Waals surface area contributed by atoms with Crippen molar-refractivity contribution in [1.29, 1.82) is 0 Å². The first-order chi connectivity index (χ1) is 8.74. The van der Waals surface area contributed by atoms with E-state index in [9.17, 15) is 5.11 Å². The van der Waals surface area contributed by atoms with Crippen molar-refractivity contribution in [3.05, 3.63) is 28.3 Å². The molecule has 0 unspecified atom stereocenters. The van der Waals surface area contributed by atoms with Crippen LogP contribution in [0.2, 0.25) is 5.02 Å². The van der Waals surface area contributed by atoms with E-state index in [0.717, 1.165) is 36.8 Å². The molecule has 3 heteroatoms. The average molecular weight is 282 g/mol. The van der Waals surface area contributed by atoms with Crippen LogP contribution in [-0.4, -0.2) is 5.11 Å². The van der Waals surface area contributed by atoms with Crippen molar-refractivity contribution >= 4 is 11.6 Å². The van der Waals surface area contributed by atoms with Gasteiger partial charge in [0.25, 0.3) is 0 Å². The average Bonchev–Trinajstić information content (AvgIpc) is 2.31. The topological polar surface area (TPSA) is 46.2 Å². The SMILES string of the molecule is CC(C)(C)c1cc(Cl)cc(C2(N)CCCCC2)c1O. The van der Waals surface area contributed by atoms with Crippen LogP contribution in [0.1, 0.15) is 64.0 Å². The highest BCUT2D eigenvalue weighted by Crippen LogP contribution is 2.44. The van der Waals surface area contributed by atoms with Crippen molar-refractivity contribution in [2.75, 3.05) is 0 Å². The predicted molar refractivity (Wildman–Crippen MR) is 80.8 cm³/mol. The van der Waals surface area contributed by atoms with Crippen LogP contribution in [0.4, 0.5) is 0 Å². The van der Waals surface area contributed by atoms with E-state index in [1.807, 2.05) is 12.1 Å². The monoisotopic (exact) mass is 281 g/mol. The van der Waals surface area contributed by atoms with Crippen molar-refractivity contribution in [3.63, 3.8) is 0 Å². The third kappa shape index (κ3) is 2.90. The fourth-order valence-electron chi connectivity index (χ4n) is 3.00. The molecule has 0 heterocycles. The third-order valence-electron chi connectivity index (χ3n) is 4.16. The van der Waals surface area contributed by atoms with Gasteiger partial charge in [-0.2, -0.15) is 0 Å². The van der Waals surface area contributed by atoms with Crippen LogP contribution in [0.3, 0.4) is 0 Å². The van der Waals surface area contributed by atoms with E-state index < -0.39 is 5.54 Å². The molecular formula is C16H24ClNO. The molecule has 1 aliphatic carbocycles. The maximum atomic E-state index is 10.6. The second kappa shape index (κ2) is 4.99. The van der Waals surface area contributed by atoms with Gasteiger partial charge in [0.2, 0.25) is 0 Å². The smallest absolute Gasteiger partial charge is 0.124 e. The molecule has 1 aromatic carbocycles. The Labute approximate surface area is 121 Å². The first kappa shape index (κ1) is 14.7. The summed E-state index contributed by atoms with van der Waals surface area (Å²) in [5.41, 5.74) is 7.68. The maximum absolute atomic E-state index is 10.6. The van der Waals surface area contributed by atoms with Crippen molar-refractivity contribution in [3.8, 4) is 5.75 Å². The highest BCUT2D eigenvalue weighted by Gasteiger charge is 2.34. The Hall–Kier alpha value is -0.730. The van der Waals surface area contributed by atoms with Gasteiger partial charge >= 0.3 is 0 Å². The van der Waals surface area contributed by atoms with E-state index in [1.165, 1.54) is 6.42 Å². The van der Waals surface area contributed by atoms with Crippen LogP contribution >= 0.6 is 11.6 Å². The molecule has 2 rings (SSSR count). The Morgan fingerprint density at radius 1 is 1.16 bits per heavy atom. The van der Waals surface area contributed by atoms with E-state index in [-0.39, 0.29) is 5.41 Å². The van der Waals surface area contributed by atoms with Crippen molar-refractivity contribution < 1.29 is 5.11 Å². The predicted octanol–water partition coefficient (Wildman–Crippen LogP) is 4.46. The summed E-state index contributed by atoms with van der Waals surface area (Å²) >= 11 is 6.24. The molecule has 0 spiro atoms. The summed E-state index contributed by atoms with van der Waals surface area (Å²) in [7, 11) is 0. The molecule has 1 saturated carbocycles. The molecular weight excluding hydrogens is 258 g/mol. The molecule has 3 N–H and O–H groups in total. The summed E-state index contributed by atoms with van der Waals surface area (Å²) in [6, 6.07) is 3.70. The van der Waals surface area contributed by atoms with Crippen molar-refractivity contribution in [1.82, 2.24) is 0 Å². The van der Waals surface area contributed by atoms with Gasteiger partial charge in [-0.25, -0.2) is 0 Å². The quantitative estimate of drug-likeness (QED) is 0.798. The van der Waals surface area contributed by atoms with E-state index in [1.54, 1.807) is 0 Å². The van der Waals surface area contributed by atoms with Gasteiger partial charge in [-0.15, -0.1) is 0 Å². The normalized spacial score (nSPS) is 19.4. The summed E-state index contributed by atoms with van der Waals surface area (Å²) in [6.07, 6.45) is 5.31. The molecule has 0 aliphatic heterocycles. The molecule has 0 radical (unpaired) electrons. The molecule has 1 fully saturated rings. The lowest BCUT2D eigenvalue weighted by Crippen LogP contribution is -2.39. The van der Waals surface area contributed by atoms with Crippen LogP contribution in [0.25, 0.3) is 0 Å². The Balaban J connectivity index is 2.54. The summed E-state index contributed by atoms with van der Waals surface area (Å²) < 4.78 is 0. The van der Waals surface area contributed by atoms with Crippen LogP contribution in [0, 0.1) is 0 Å².